The van der Waals surface area contributed by atoms with E-state index >= 15 is 0 Å². The Morgan fingerprint density at radius 2 is 2.50 bits per heavy atom. The number of rotatable bonds is 3. The van der Waals surface area contributed by atoms with E-state index in [4.69, 9.17) is 5.73 Å². The van der Waals surface area contributed by atoms with Crippen molar-refractivity contribution in [1.82, 2.24) is 4.98 Å². The van der Waals surface area contributed by atoms with E-state index in [-0.39, 0.29) is 0 Å². The van der Waals surface area contributed by atoms with Gasteiger partial charge in [0, 0.05) is 12.2 Å². The molecule has 1 aromatic heterocycles. The number of aromatic nitrogens is 1. The smallest absolute Gasteiger partial charge is 0.212 e. The summed E-state index contributed by atoms with van der Waals surface area (Å²) < 4.78 is 0. The third-order valence-electron chi connectivity index (χ3n) is 1.18. The van der Waals surface area contributed by atoms with Crippen LogP contribution in [0.15, 0.2) is 12.1 Å². The summed E-state index contributed by atoms with van der Waals surface area (Å²) in [6.07, 6.45) is 0.617. The van der Waals surface area contributed by atoms with E-state index < -0.39 is 0 Å². The van der Waals surface area contributed by atoms with Gasteiger partial charge < -0.3 is 16.0 Å². The minimum Gasteiger partial charge on any atom is -0.344 e. The monoisotopic (exact) mass is 139 g/mol. The highest BCUT2D eigenvalue weighted by atomic mass is 16.1. The summed E-state index contributed by atoms with van der Waals surface area (Å²) in [5, 5.41) is 2.47. The standard InChI is InChI=1S/C6H9N3O/c7-3-5-1-2-6(9-5)8-4-10/h1-2,4,9H,3,7H2,(H,8,10). The van der Waals surface area contributed by atoms with Gasteiger partial charge in [0.25, 0.3) is 0 Å². The highest BCUT2D eigenvalue weighted by Gasteiger charge is 1.92. The number of carbonyl (C=O) groups is 1. The zero-order chi connectivity index (χ0) is 7.40. The van der Waals surface area contributed by atoms with Crippen molar-refractivity contribution in [3.8, 4) is 0 Å². The van der Waals surface area contributed by atoms with E-state index in [1.54, 1.807) is 6.07 Å². The van der Waals surface area contributed by atoms with Crippen LogP contribution in [0.3, 0.4) is 0 Å². The summed E-state index contributed by atoms with van der Waals surface area (Å²) >= 11 is 0. The third-order valence-corrected chi connectivity index (χ3v) is 1.18. The van der Waals surface area contributed by atoms with Gasteiger partial charge in [0.15, 0.2) is 0 Å². The van der Waals surface area contributed by atoms with E-state index in [1.807, 2.05) is 6.07 Å². The van der Waals surface area contributed by atoms with Gasteiger partial charge in [0.2, 0.25) is 6.41 Å². The fourth-order valence-electron chi connectivity index (χ4n) is 0.707. The van der Waals surface area contributed by atoms with Crippen LogP contribution in [0, 0.1) is 0 Å². The van der Waals surface area contributed by atoms with Crippen LogP contribution in [-0.4, -0.2) is 11.4 Å². The minimum absolute atomic E-state index is 0.459. The van der Waals surface area contributed by atoms with Crippen LogP contribution in [0.1, 0.15) is 5.69 Å². The number of nitrogens with one attached hydrogen (secondary N) is 2. The van der Waals surface area contributed by atoms with Gasteiger partial charge in [0.05, 0.1) is 0 Å². The van der Waals surface area contributed by atoms with Crippen LogP contribution in [0.4, 0.5) is 5.82 Å². The average molecular weight is 139 g/mol. The fraction of sp³-hybridized carbons (Fsp3) is 0.167. The van der Waals surface area contributed by atoms with Gasteiger partial charge in [-0.2, -0.15) is 0 Å². The zero-order valence-corrected chi connectivity index (χ0v) is 5.42. The van der Waals surface area contributed by atoms with Crippen molar-refractivity contribution >= 4 is 12.2 Å². The fourth-order valence-corrected chi connectivity index (χ4v) is 0.707. The Labute approximate surface area is 58.4 Å². The summed E-state index contributed by atoms with van der Waals surface area (Å²) in [5.74, 6) is 0.676. The first-order valence-corrected chi connectivity index (χ1v) is 2.95. The molecule has 0 aromatic carbocycles. The lowest BCUT2D eigenvalue weighted by atomic mass is 10.4. The number of amides is 1. The molecule has 1 aromatic rings. The molecule has 0 aliphatic heterocycles. The molecular weight excluding hydrogens is 130 g/mol. The number of aromatic amines is 1. The van der Waals surface area contributed by atoms with Crippen LogP contribution in [0.25, 0.3) is 0 Å². The maximum atomic E-state index is 9.91. The first-order chi connectivity index (χ1) is 4.86. The van der Waals surface area contributed by atoms with Crippen molar-refractivity contribution in [3.63, 3.8) is 0 Å². The Morgan fingerprint density at radius 1 is 1.70 bits per heavy atom. The molecule has 0 saturated carbocycles. The first-order valence-electron chi connectivity index (χ1n) is 2.95. The normalized spacial score (nSPS) is 9.30. The Hall–Kier alpha value is -1.29. The molecule has 4 heteroatoms. The van der Waals surface area contributed by atoms with Crippen LogP contribution in [0.5, 0.6) is 0 Å². The molecule has 0 bridgehead atoms. The molecule has 0 radical (unpaired) electrons. The Balaban J connectivity index is 2.67. The molecule has 0 atom stereocenters. The molecule has 54 valence electrons. The summed E-state index contributed by atoms with van der Waals surface area (Å²) in [5.41, 5.74) is 6.22. The maximum Gasteiger partial charge on any atom is 0.212 e. The molecular formula is C6H9N3O. The van der Waals surface area contributed by atoms with E-state index in [1.165, 1.54) is 0 Å². The largest absolute Gasteiger partial charge is 0.344 e. The molecule has 0 saturated heterocycles. The minimum atomic E-state index is 0.459. The molecule has 0 unspecified atom stereocenters. The van der Waals surface area contributed by atoms with Gasteiger partial charge in [-0.25, -0.2) is 0 Å². The molecule has 10 heavy (non-hydrogen) atoms. The molecule has 1 amide bonds. The van der Waals surface area contributed by atoms with E-state index in [2.05, 4.69) is 10.3 Å². The number of anilines is 1. The first kappa shape index (κ1) is 6.82. The van der Waals surface area contributed by atoms with Crippen LogP contribution < -0.4 is 11.1 Å². The second kappa shape index (κ2) is 3.03. The molecule has 0 spiro atoms. The van der Waals surface area contributed by atoms with Crippen molar-refractivity contribution in [2.45, 2.75) is 6.54 Å². The summed E-state index contributed by atoms with van der Waals surface area (Å²) in [4.78, 5) is 12.8. The topological polar surface area (TPSA) is 70.9 Å². The quantitative estimate of drug-likeness (QED) is 0.517. The van der Waals surface area contributed by atoms with Gasteiger partial charge in [-0.1, -0.05) is 0 Å². The zero-order valence-electron chi connectivity index (χ0n) is 5.42. The van der Waals surface area contributed by atoms with Gasteiger partial charge in [-0.05, 0) is 12.1 Å². The molecule has 1 rings (SSSR count). The van der Waals surface area contributed by atoms with Crippen LogP contribution in [-0.2, 0) is 11.3 Å². The lowest BCUT2D eigenvalue weighted by molar-refractivity contribution is -0.105. The molecule has 0 aliphatic rings. The molecule has 0 aliphatic carbocycles. The third kappa shape index (κ3) is 1.35. The lowest BCUT2D eigenvalue weighted by Gasteiger charge is -1.90. The van der Waals surface area contributed by atoms with Gasteiger partial charge >= 0.3 is 0 Å². The summed E-state index contributed by atoms with van der Waals surface area (Å²) in [6, 6.07) is 3.59. The second-order valence-electron chi connectivity index (χ2n) is 1.86. The molecule has 1 heterocycles. The van der Waals surface area contributed by atoms with E-state index in [9.17, 15) is 4.79 Å². The van der Waals surface area contributed by atoms with E-state index in [0.29, 0.717) is 18.8 Å². The van der Waals surface area contributed by atoms with E-state index in [0.717, 1.165) is 5.69 Å². The summed E-state index contributed by atoms with van der Waals surface area (Å²) in [6.45, 7) is 0.459. The maximum absolute atomic E-state index is 9.91. The number of carbonyl (C=O) groups excluding carboxylic acids is 1. The summed E-state index contributed by atoms with van der Waals surface area (Å²) in [7, 11) is 0. The number of hydrogen-bond donors (Lipinski definition) is 3. The molecule has 4 N–H and O–H groups in total. The van der Waals surface area contributed by atoms with Crippen molar-refractivity contribution in [2.24, 2.45) is 5.73 Å². The van der Waals surface area contributed by atoms with Crippen LogP contribution >= 0.6 is 0 Å². The highest BCUT2D eigenvalue weighted by molar-refractivity contribution is 5.68. The average Bonchev–Trinajstić information content (AvgIpc) is 2.37. The van der Waals surface area contributed by atoms with Crippen molar-refractivity contribution < 1.29 is 4.79 Å². The predicted molar refractivity (Wildman–Crippen MR) is 38.4 cm³/mol. The number of H-pyrrole nitrogens is 1. The Bertz CT molecular complexity index is 219. The van der Waals surface area contributed by atoms with Crippen molar-refractivity contribution in [3.05, 3.63) is 17.8 Å². The number of hydrogen-bond acceptors (Lipinski definition) is 2. The number of nitrogens with two attached hydrogens (primary N) is 1. The molecule has 4 nitrogen and oxygen atoms in total. The van der Waals surface area contributed by atoms with Crippen LogP contribution in [0.2, 0.25) is 0 Å². The lowest BCUT2D eigenvalue weighted by Crippen LogP contribution is -1.97. The Kier molecular flexibility index (Phi) is 2.07. The van der Waals surface area contributed by atoms with Gasteiger partial charge in [0.1, 0.15) is 5.82 Å². The highest BCUT2D eigenvalue weighted by Crippen LogP contribution is 2.04. The second-order valence-corrected chi connectivity index (χ2v) is 1.86. The van der Waals surface area contributed by atoms with Crippen molar-refractivity contribution in [2.75, 3.05) is 5.32 Å². The Morgan fingerprint density at radius 3 is 3.00 bits per heavy atom. The predicted octanol–water partition coefficient (Wildman–Crippen LogP) is 0.0417. The molecule has 0 fully saturated rings. The SMILES string of the molecule is NCc1ccc(NC=O)[nH]1. The van der Waals surface area contributed by atoms with Gasteiger partial charge in [-0.15, -0.1) is 0 Å². The van der Waals surface area contributed by atoms with Crippen molar-refractivity contribution in [1.29, 1.82) is 0 Å². The van der Waals surface area contributed by atoms with Gasteiger partial charge in [-0.3, -0.25) is 4.79 Å².